The summed E-state index contributed by atoms with van der Waals surface area (Å²) in [4.78, 5) is 27.9. The van der Waals surface area contributed by atoms with Gasteiger partial charge in [-0.1, -0.05) is 0 Å². The minimum atomic E-state index is -1.01. The zero-order valence-electron chi connectivity index (χ0n) is 13.2. The average Bonchev–Trinajstić information content (AvgIpc) is 2.98. The fourth-order valence-corrected chi connectivity index (χ4v) is 3.35. The van der Waals surface area contributed by atoms with Gasteiger partial charge in [0.1, 0.15) is 0 Å². The molecule has 3 rings (SSSR count). The minimum Gasteiger partial charge on any atom is -0.341 e. The number of likely N-dealkylation sites (tertiary alicyclic amines) is 1. The molecule has 2 fully saturated rings. The van der Waals surface area contributed by atoms with Crippen molar-refractivity contribution in [3.05, 3.63) is 29.8 Å². The molecule has 2 saturated heterocycles. The van der Waals surface area contributed by atoms with Crippen LogP contribution in [0, 0.1) is 35.8 Å². The number of anilines is 1. The number of rotatable bonds is 2. The van der Waals surface area contributed by atoms with Crippen LogP contribution in [0.1, 0.15) is 19.3 Å². The first-order valence-corrected chi connectivity index (χ1v) is 8.00. The van der Waals surface area contributed by atoms with Crippen LogP contribution in [0.3, 0.4) is 0 Å². The molecule has 0 aliphatic carbocycles. The van der Waals surface area contributed by atoms with Crippen molar-refractivity contribution in [2.75, 3.05) is 24.5 Å². The summed E-state index contributed by atoms with van der Waals surface area (Å²) in [6.45, 7) is 1.35. The second kappa shape index (κ2) is 6.60. The molecule has 0 N–H and O–H groups in total. The second-order valence-corrected chi connectivity index (χ2v) is 6.29. The highest BCUT2D eigenvalue weighted by Gasteiger charge is 2.38. The van der Waals surface area contributed by atoms with Crippen LogP contribution in [0.2, 0.25) is 0 Å². The lowest BCUT2D eigenvalue weighted by Crippen LogP contribution is -2.43. The zero-order chi connectivity index (χ0) is 17.3. The number of benzene rings is 1. The van der Waals surface area contributed by atoms with Gasteiger partial charge in [-0.15, -0.1) is 12.3 Å². The van der Waals surface area contributed by atoms with Crippen molar-refractivity contribution in [3.8, 4) is 12.3 Å². The highest BCUT2D eigenvalue weighted by Crippen LogP contribution is 2.28. The van der Waals surface area contributed by atoms with Crippen molar-refractivity contribution in [1.82, 2.24) is 4.90 Å². The van der Waals surface area contributed by atoms with E-state index in [4.69, 9.17) is 6.42 Å². The number of halogens is 2. The Labute approximate surface area is 139 Å². The largest absolute Gasteiger partial charge is 0.341 e. The number of amides is 2. The first-order chi connectivity index (χ1) is 11.5. The summed E-state index contributed by atoms with van der Waals surface area (Å²) in [7, 11) is 0. The quantitative estimate of drug-likeness (QED) is 0.779. The Morgan fingerprint density at radius 2 is 2.04 bits per heavy atom. The van der Waals surface area contributed by atoms with Crippen molar-refractivity contribution in [3.63, 3.8) is 0 Å². The van der Waals surface area contributed by atoms with Gasteiger partial charge in [0.25, 0.3) is 0 Å². The van der Waals surface area contributed by atoms with Crippen LogP contribution in [-0.4, -0.2) is 36.3 Å². The molecule has 2 aliphatic rings. The molecule has 2 heterocycles. The molecule has 1 aromatic rings. The topological polar surface area (TPSA) is 40.6 Å². The summed E-state index contributed by atoms with van der Waals surface area (Å²) in [5.41, 5.74) is 0.273. The molecule has 0 spiro atoms. The van der Waals surface area contributed by atoms with Gasteiger partial charge in [0.05, 0.1) is 5.92 Å². The smallest absolute Gasteiger partial charge is 0.228 e. The molecule has 2 atom stereocenters. The molecule has 126 valence electrons. The van der Waals surface area contributed by atoms with E-state index in [-0.39, 0.29) is 36.4 Å². The number of carbonyl (C=O) groups is 2. The Kier molecular flexibility index (Phi) is 4.52. The van der Waals surface area contributed by atoms with Crippen LogP contribution in [0.4, 0.5) is 14.5 Å². The van der Waals surface area contributed by atoms with Gasteiger partial charge in [-0.2, -0.15) is 0 Å². The highest BCUT2D eigenvalue weighted by atomic mass is 19.2. The SMILES string of the molecule is C#CC1CCCN(C(=O)C2CC(=O)N(c3ccc(F)c(F)c3)C2)C1. The first kappa shape index (κ1) is 16.4. The predicted molar refractivity (Wildman–Crippen MR) is 85.0 cm³/mol. The van der Waals surface area contributed by atoms with E-state index in [0.717, 1.165) is 25.0 Å². The van der Waals surface area contributed by atoms with Gasteiger partial charge in [-0.05, 0) is 25.0 Å². The van der Waals surface area contributed by atoms with Crippen LogP contribution in [0.5, 0.6) is 0 Å². The maximum atomic E-state index is 13.4. The van der Waals surface area contributed by atoms with E-state index in [1.807, 2.05) is 0 Å². The fourth-order valence-electron chi connectivity index (χ4n) is 3.35. The molecule has 2 aliphatic heterocycles. The lowest BCUT2D eigenvalue weighted by atomic mass is 9.97. The van der Waals surface area contributed by atoms with Crippen LogP contribution in [0.25, 0.3) is 0 Å². The summed E-state index contributed by atoms with van der Waals surface area (Å²) >= 11 is 0. The highest BCUT2D eigenvalue weighted by molar-refractivity contribution is 6.00. The van der Waals surface area contributed by atoms with Gasteiger partial charge in [0.2, 0.25) is 11.8 Å². The molecular formula is C18H18F2N2O2. The summed E-state index contributed by atoms with van der Waals surface area (Å²) in [5, 5.41) is 0. The third-order valence-electron chi connectivity index (χ3n) is 4.66. The van der Waals surface area contributed by atoms with Crippen molar-refractivity contribution in [1.29, 1.82) is 0 Å². The fraction of sp³-hybridized carbons (Fsp3) is 0.444. The molecule has 0 aromatic heterocycles. The zero-order valence-corrected chi connectivity index (χ0v) is 13.2. The normalized spacial score (nSPS) is 24.1. The van der Waals surface area contributed by atoms with E-state index < -0.39 is 17.6 Å². The van der Waals surface area contributed by atoms with Gasteiger partial charge in [-0.3, -0.25) is 9.59 Å². The number of nitrogens with zero attached hydrogens (tertiary/aromatic N) is 2. The van der Waals surface area contributed by atoms with Crippen molar-refractivity contribution >= 4 is 17.5 Å². The molecule has 0 bridgehead atoms. The number of carbonyl (C=O) groups excluding carboxylic acids is 2. The molecule has 6 heteroatoms. The predicted octanol–water partition coefficient (Wildman–Crippen LogP) is 2.19. The maximum absolute atomic E-state index is 13.4. The van der Waals surface area contributed by atoms with Crippen molar-refractivity contribution in [2.45, 2.75) is 19.3 Å². The minimum absolute atomic E-state index is 0.0575. The Bertz CT molecular complexity index is 713. The standard InChI is InChI=1S/C18H18F2N2O2/c1-2-12-4-3-7-21(10-12)18(24)13-8-17(23)22(11-13)14-5-6-15(19)16(20)9-14/h1,5-6,9,12-13H,3-4,7-8,10-11H2. The van der Waals surface area contributed by atoms with E-state index in [2.05, 4.69) is 5.92 Å². The monoisotopic (exact) mass is 332 g/mol. The third kappa shape index (κ3) is 3.12. The Morgan fingerprint density at radius 3 is 2.75 bits per heavy atom. The molecule has 0 saturated carbocycles. The van der Waals surface area contributed by atoms with E-state index in [1.165, 1.54) is 11.0 Å². The molecule has 24 heavy (non-hydrogen) atoms. The van der Waals surface area contributed by atoms with Gasteiger partial charge < -0.3 is 9.80 Å². The van der Waals surface area contributed by atoms with Crippen LogP contribution in [-0.2, 0) is 9.59 Å². The third-order valence-corrected chi connectivity index (χ3v) is 4.66. The lowest BCUT2D eigenvalue weighted by molar-refractivity contribution is -0.137. The van der Waals surface area contributed by atoms with E-state index in [9.17, 15) is 18.4 Å². The Morgan fingerprint density at radius 1 is 1.25 bits per heavy atom. The van der Waals surface area contributed by atoms with Crippen LogP contribution >= 0.6 is 0 Å². The van der Waals surface area contributed by atoms with E-state index in [0.29, 0.717) is 13.1 Å². The van der Waals surface area contributed by atoms with Crippen LogP contribution in [0.15, 0.2) is 18.2 Å². The molecule has 0 radical (unpaired) electrons. The van der Waals surface area contributed by atoms with Gasteiger partial charge in [-0.25, -0.2) is 8.78 Å². The first-order valence-electron chi connectivity index (χ1n) is 8.00. The number of piperidine rings is 1. The van der Waals surface area contributed by atoms with Crippen molar-refractivity contribution < 1.29 is 18.4 Å². The summed E-state index contributed by atoms with van der Waals surface area (Å²) < 4.78 is 26.4. The summed E-state index contributed by atoms with van der Waals surface area (Å²) in [5.74, 6) is -0.0529. The molecular weight excluding hydrogens is 314 g/mol. The molecule has 2 unspecified atom stereocenters. The van der Waals surface area contributed by atoms with Crippen molar-refractivity contribution in [2.24, 2.45) is 11.8 Å². The Hall–Kier alpha value is -2.42. The Balaban J connectivity index is 1.71. The number of terminal acetylenes is 1. The number of hydrogen-bond donors (Lipinski definition) is 0. The van der Waals surface area contributed by atoms with Gasteiger partial charge in [0.15, 0.2) is 11.6 Å². The summed E-state index contributed by atoms with van der Waals surface area (Å²) in [6.07, 6.45) is 7.29. The van der Waals surface area contributed by atoms with E-state index in [1.54, 1.807) is 4.90 Å². The lowest BCUT2D eigenvalue weighted by Gasteiger charge is -2.32. The molecule has 2 amide bonds. The van der Waals surface area contributed by atoms with Gasteiger partial charge in [0, 0.05) is 43.7 Å². The second-order valence-electron chi connectivity index (χ2n) is 6.29. The molecule has 1 aromatic carbocycles. The van der Waals surface area contributed by atoms with Crippen LogP contribution < -0.4 is 4.90 Å². The van der Waals surface area contributed by atoms with Gasteiger partial charge >= 0.3 is 0 Å². The van der Waals surface area contributed by atoms with E-state index >= 15 is 0 Å². The average molecular weight is 332 g/mol. The molecule has 4 nitrogen and oxygen atoms in total. The summed E-state index contributed by atoms with van der Waals surface area (Å²) in [6, 6.07) is 3.31. The maximum Gasteiger partial charge on any atom is 0.228 e. The number of hydrogen-bond acceptors (Lipinski definition) is 2.